The average molecular weight is 241 g/mol. The summed E-state index contributed by atoms with van der Waals surface area (Å²) in [5.74, 6) is -0.674. The van der Waals surface area contributed by atoms with Crippen LogP contribution in [0.2, 0.25) is 0 Å². The third-order valence-corrected chi connectivity index (χ3v) is 3.54. The van der Waals surface area contributed by atoms with Gasteiger partial charge in [0.2, 0.25) is 11.8 Å². The number of nitrogens with zero attached hydrogens (tertiary/aromatic N) is 1. The van der Waals surface area contributed by atoms with E-state index < -0.39 is 18.1 Å². The maximum Gasteiger partial charge on any atom is 0.240 e. The number of rotatable bonds is 2. The Bertz CT molecular complexity index is 315. The Labute approximate surface area is 100 Å². The number of carbonyl (C=O) groups excluding carboxylic acids is 2. The first-order valence-electron chi connectivity index (χ1n) is 6.08. The molecule has 2 unspecified atom stereocenters. The lowest BCUT2D eigenvalue weighted by atomic mass is 9.98. The Balaban J connectivity index is 2.04. The number of nitrogens with two attached hydrogens (primary N) is 1. The number of β-amino-alcohol motifs (C(OH)–C–C–N with tert-alkyl or cyclic N) is 1. The molecule has 2 rings (SSSR count). The van der Waals surface area contributed by atoms with Gasteiger partial charge in [0.25, 0.3) is 0 Å². The van der Waals surface area contributed by atoms with E-state index in [4.69, 9.17) is 5.73 Å². The second-order valence-corrected chi connectivity index (χ2v) is 4.84. The highest BCUT2D eigenvalue weighted by Crippen LogP contribution is 2.22. The van der Waals surface area contributed by atoms with E-state index in [2.05, 4.69) is 5.32 Å². The number of amides is 2. The Morgan fingerprint density at radius 3 is 2.76 bits per heavy atom. The number of aliphatic hydroxyl groups excluding tert-OH is 1. The van der Waals surface area contributed by atoms with Crippen LogP contribution in [0.4, 0.5) is 0 Å². The molecule has 2 aliphatic heterocycles. The second kappa shape index (κ2) is 5.01. The zero-order valence-electron chi connectivity index (χ0n) is 9.76. The van der Waals surface area contributed by atoms with Crippen molar-refractivity contribution in [2.24, 2.45) is 11.7 Å². The van der Waals surface area contributed by atoms with Gasteiger partial charge < -0.3 is 21.1 Å². The quantitative estimate of drug-likeness (QED) is 0.544. The minimum atomic E-state index is -0.639. The molecule has 17 heavy (non-hydrogen) atoms. The number of hydrogen-bond donors (Lipinski definition) is 3. The van der Waals surface area contributed by atoms with Crippen LogP contribution >= 0.6 is 0 Å². The normalized spacial score (nSPS) is 33.7. The predicted octanol–water partition coefficient (Wildman–Crippen LogP) is -1.57. The van der Waals surface area contributed by atoms with Crippen LogP contribution < -0.4 is 11.1 Å². The Kier molecular flexibility index (Phi) is 3.63. The highest BCUT2D eigenvalue weighted by molar-refractivity contribution is 5.88. The summed E-state index contributed by atoms with van der Waals surface area (Å²) < 4.78 is 0. The Hall–Kier alpha value is -1.14. The third-order valence-electron chi connectivity index (χ3n) is 3.54. The number of aliphatic hydroxyl groups is 1. The van der Waals surface area contributed by atoms with Gasteiger partial charge >= 0.3 is 0 Å². The molecule has 0 aliphatic carbocycles. The molecule has 0 spiro atoms. The molecular formula is C11H19N3O3. The van der Waals surface area contributed by atoms with E-state index in [1.54, 1.807) is 0 Å². The van der Waals surface area contributed by atoms with Gasteiger partial charge in [-0.2, -0.15) is 0 Å². The van der Waals surface area contributed by atoms with E-state index in [0.29, 0.717) is 6.54 Å². The van der Waals surface area contributed by atoms with E-state index in [0.717, 1.165) is 19.4 Å². The van der Waals surface area contributed by atoms with Crippen molar-refractivity contribution in [1.82, 2.24) is 10.2 Å². The van der Waals surface area contributed by atoms with Crippen molar-refractivity contribution < 1.29 is 14.7 Å². The summed E-state index contributed by atoms with van der Waals surface area (Å²) in [4.78, 5) is 24.9. The van der Waals surface area contributed by atoms with Gasteiger partial charge in [0.05, 0.1) is 12.0 Å². The van der Waals surface area contributed by atoms with Crippen molar-refractivity contribution in [2.45, 2.75) is 31.4 Å². The van der Waals surface area contributed by atoms with Crippen molar-refractivity contribution in [3.63, 3.8) is 0 Å². The van der Waals surface area contributed by atoms with E-state index in [1.807, 2.05) is 0 Å². The maximum absolute atomic E-state index is 12.2. The lowest BCUT2D eigenvalue weighted by Crippen LogP contribution is -2.49. The molecule has 0 saturated carbocycles. The molecule has 3 atom stereocenters. The molecule has 0 aromatic heterocycles. The minimum absolute atomic E-state index is 0.0578. The van der Waals surface area contributed by atoms with Crippen LogP contribution in [0.3, 0.4) is 0 Å². The molecule has 0 aromatic carbocycles. The van der Waals surface area contributed by atoms with Gasteiger partial charge in [-0.3, -0.25) is 9.59 Å². The van der Waals surface area contributed by atoms with Gasteiger partial charge in [-0.1, -0.05) is 0 Å². The van der Waals surface area contributed by atoms with Crippen LogP contribution in [0.5, 0.6) is 0 Å². The average Bonchev–Trinajstić information content (AvgIpc) is 2.72. The van der Waals surface area contributed by atoms with Crippen molar-refractivity contribution in [3.8, 4) is 0 Å². The lowest BCUT2D eigenvalue weighted by Gasteiger charge is -2.29. The Morgan fingerprint density at radius 1 is 1.41 bits per heavy atom. The molecule has 2 fully saturated rings. The molecule has 6 nitrogen and oxygen atoms in total. The molecular weight excluding hydrogens is 222 g/mol. The first kappa shape index (κ1) is 12.3. The summed E-state index contributed by atoms with van der Waals surface area (Å²) in [6.07, 6.45) is 1.44. The fourth-order valence-corrected chi connectivity index (χ4v) is 2.62. The van der Waals surface area contributed by atoms with Crippen LogP contribution in [-0.2, 0) is 9.59 Å². The fraction of sp³-hybridized carbons (Fsp3) is 0.818. The minimum Gasteiger partial charge on any atom is -0.391 e. The van der Waals surface area contributed by atoms with Crippen LogP contribution in [0.1, 0.15) is 19.3 Å². The van der Waals surface area contributed by atoms with Gasteiger partial charge in [0, 0.05) is 19.5 Å². The number of nitrogens with one attached hydrogen (secondary N) is 1. The van der Waals surface area contributed by atoms with Gasteiger partial charge in [-0.25, -0.2) is 0 Å². The van der Waals surface area contributed by atoms with E-state index >= 15 is 0 Å². The Morgan fingerprint density at radius 2 is 2.18 bits per heavy atom. The summed E-state index contributed by atoms with van der Waals surface area (Å²) in [7, 11) is 0. The van der Waals surface area contributed by atoms with Gasteiger partial charge in [-0.05, 0) is 19.4 Å². The zero-order chi connectivity index (χ0) is 12.4. The predicted molar refractivity (Wildman–Crippen MR) is 60.9 cm³/mol. The smallest absolute Gasteiger partial charge is 0.240 e. The largest absolute Gasteiger partial charge is 0.391 e. The molecule has 2 heterocycles. The molecule has 2 aliphatic rings. The summed E-state index contributed by atoms with van der Waals surface area (Å²) >= 11 is 0. The molecule has 4 N–H and O–H groups in total. The molecule has 96 valence electrons. The van der Waals surface area contributed by atoms with Crippen molar-refractivity contribution in [2.75, 3.05) is 19.6 Å². The monoisotopic (exact) mass is 241 g/mol. The van der Waals surface area contributed by atoms with Crippen molar-refractivity contribution in [1.29, 1.82) is 0 Å². The molecule has 6 heteroatoms. The van der Waals surface area contributed by atoms with Crippen molar-refractivity contribution >= 4 is 11.8 Å². The molecule has 0 aromatic rings. The topological polar surface area (TPSA) is 95.7 Å². The first-order chi connectivity index (χ1) is 8.09. The maximum atomic E-state index is 12.2. The summed E-state index contributed by atoms with van der Waals surface area (Å²) in [5.41, 5.74) is 5.26. The standard InChI is InChI=1S/C11H19N3O3/c12-10(16)9-4-8(15)6-14(9)11(17)7-2-1-3-13-5-7/h7-9,13,15H,1-6H2,(H2,12,16)/t7-,8?,9?/m1/s1. The summed E-state index contributed by atoms with van der Waals surface area (Å²) in [6, 6.07) is -0.639. The number of primary amides is 1. The third kappa shape index (κ3) is 2.58. The van der Waals surface area contributed by atoms with Crippen LogP contribution in [0.25, 0.3) is 0 Å². The van der Waals surface area contributed by atoms with Gasteiger partial charge in [0.1, 0.15) is 6.04 Å². The van der Waals surface area contributed by atoms with Crippen LogP contribution in [0.15, 0.2) is 0 Å². The van der Waals surface area contributed by atoms with E-state index in [9.17, 15) is 14.7 Å². The van der Waals surface area contributed by atoms with Gasteiger partial charge in [0.15, 0.2) is 0 Å². The van der Waals surface area contributed by atoms with Crippen LogP contribution in [-0.4, -0.2) is 53.6 Å². The zero-order valence-corrected chi connectivity index (χ0v) is 9.76. The molecule has 0 radical (unpaired) electrons. The van der Waals surface area contributed by atoms with Gasteiger partial charge in [-0.15, -0.1) is 0 Å². The fourth-order valence-electron chi connectivity index (χ4n) is 2.62. The summed E-state index contributed by atoms with van der Waals surface area (Å²) in [5, 5.41) is 12.7. The number of piperidine rings is 1. The number of carbonyl (C=O) groups is 2. The molecule has 2 saturated heterocycles. The first-order valence-corrected chi connectivity index (χ1v) is 6.08. The van der Waals surface area contributed by atoms with E-state index in [-0.39, 0.29) is 24.8 Å². The lowest BCUT2D eigenvalue weighted by molar-refractivity contribution is -0.141. The highest BCUT2D eigenvalue weighted by Gasteiger charge is 2.40. The number of likely N-dealkylation sites (tertiary alicyclic amines) is 1. The second-order valence-electron chi connectivity index (χ2n) is 4.84. The van der Waals surface area contributed by atoms with Crippen molar-refractivity contribution in [3.05, 3.63) is 0 Å². The van der Waals surface area contributed by atoms with Crippen LogP contribution in [0, 0.1) is 5.92 Å². The molecule has 0 bridgehead atoms. The highest BCUT2D eigenvalue weighted by atomic mass is 16.3. The SMILES string of the molecule is NC(=O)C1CC(O)CN1C(=O)[C@@H]1CCCNC1. The summed E-state index contributed by atoms with van der Waals surface area (Å²) in [6.45, 7) is 1.81. The molecule has 2 amide bonds. The number of hydrogen-bond acceptors (Lipinski definition) is 4. The van der Waals surface area contributed by atoms with E-state index in [1.165, 1.54) is 4.90 Å².